The molecule has 1 aliphatic heterocycles. The fourth-order valence-electron chi connectivity index (χ4n) is 2.99. The maximum absolute atomic E-state index is 3.79. The summed E-state index contributed by atoms with van der Waals surface area (Å²) >= 11 is 3.59. The molecule has 1 aliphatic rings. The lowest BCUT2D eigenvalue weighted by atomic mass is 9.77. The largest absolute Gasteiger partial charge is 0.307 e. The molecule has 0 amide bonds. The molecule has 0 aromatic heterocycles. The first-order valence-corrected chi connectivity index (χ1v) is 7.43. The molecule has 94 valence electrons. The summed E-state index contributed by atoms with van der Waals surface area (Å²) in [5, 5.41) is 3.79. The Hall–Kier alpha value is -0.340. The lowest BCUT2D eigenvalue weighted by Crippen LogP contribution is -2.46. The molecule has 17 heavy (non-hydrogen) atoms. The smallest absolute Gasteiger partial charge is 0.0437 e. The summed E-state index contributed by atoms with van der Waals surface area (Å²) in [5.41, 5.74) is 1.65. The van der Waals surface area contributed by atoms with Gasteiger partial charge in [0.15, 0.2) is 0 Å². The molecule has 1 N–H and O–H groups in total. The molecule has 1 saturated heterocycles. The Balaban J connectivity index is 2.31. The molecule has 0 radical (unpaired) electrons. The highest BCUT2D eigenvalue weighted by molar-refractivity contribution is 9.10. The highest BCUT2D eigenvalue weighted by atomic mass is 79.9. The van der Waals surface area contributed by atoms with Crippen molar-refractivity contribution in [3.63, 3.8) is 0 Å². The van der Waals surface area contributed by atoms with Gasteiger partial charge in [0.25, 0.3) is 0 Å². The van der Waals surface area contributed by atoms with E-state index in [4.69, 9.17) is 0 Å². The Labute approximate surface area is 113 Å². The fourth-order valence-corrected chi connectivity index (χ4v) is 3.39. The van der Waals surface area contributed by atoms with E-state index in [0.29, 0.717) is 0 Å². The summed E-state index contributed by atoms with van der Waals surface area (Å²) in [7, 11) is 0. The van der Waals surface area contributed by atoms with Crippen molar-refractivity contribution in [1.82, 2.24) is 5.32 Å². The fraction of sp³-hybridized carbons (Fsp3) is 0.600. The molecule has 0 saturated carbocycles. The summed E-state index contributed by atoms with van der Waals surface area (Å²) in [6.07, 6.45) is 5.14. The third-order valence-electron chi connectivity index (χ3n) is 3.63. The van der Waals surface area contributed by atoms with E-state index in [9.17, 15) is 0 Å². The van der Waals surface area contributed by atoms with Gasteiger partial charge >= 0.3 is 0 Å². The van der Waals surface area contributed by atoms with Crippen molar-refractivity contribution in [3.8, 4) is 0 Å². The van der Waals surface area contributed by atoms with E-state index in [-0.39, 0.29) is 5.54 Å². The van der Waals surface area contributed by atoms with Gasteiger partial charge in [-0.25, -0.2) is 0 Å². The SMILES string of the molecule is CC(C)CC1(c2cccc(Br)c2)CCCCN1. The zero-order chi connectivity index (χ0) is 12.3. The van der Waals surface area contributed by atoms with Gasteiger partial charge in [-0.3, -0.25) is 0 Å². The van der Waals surface area contributed by atoms with E-state index in [0.717, 1.165) is 12.5 Å². The van der Waals surface area contributed by atoms with Gasteiger partial charge in [-0.1, -0.05) is 48.3 Å². The van der Waals surface area contributed by atoms with Gasteiger partial charge < -0.3 is 5.32 Å². The molecule has 1 fully saturated rings. The van der Waals surface area contributed by atoms with Gasteiger partial charge in [-0.15, -0.1) is 0 Å². The normalized spacial score (nSPS) is 25.2. The molecular weight excluding hydrogens is 274 g/mol. The predicted octanol–water partition coefficient (Wildman–Crippen LogP) is 4.46. The second-order valence-electron chi connectivity index (χ2n) is 5.57. The van der Waals surface area contributed by atoms with Crippen molar-refractivity contribution in [1.29, 1.82) is 0 Å². The number of hydrogen-bond acceptors (Lipinski definition) is 1. The number of benzene rings is 1. The molecule has 0 bridgehead atoms. The zero-order valence-corrected chi connectivity index (χ0v) is 12.4. The minimum Gasteiger partial charge on any atom is -0.307 e. The van der Waals surface area contributed by atoms with Crippen molar-refractivity contribution < 1.29 is 0 Å². The molecule has 1 aromatic carbocycles. The van der Waals surface area contributed by atoms with E-state index in [1.807, 2.05) is 0 Å². The Morgan fingerprint density at radius 2 is 2.18 bits per heavy atom. The van der Waals surface area contributed by atoms with Crippen molar-refractivity contribution in [2.24, 2.45) is 5.92 Å². The number of rotatable bonds is 3. The monoisotopic (exact) mass is 295 g/mol. The number of piperidine rings is 1. The van der Waals surface area contributed by atoms with Crippen LogP contribution in [0.3, 0.4) is 0 Å². The van der Waals surface area contributed by atoms with Crippen LogP contribution in [-0.4, -0.2) is 6.54 Å². The Bertz CT molecular complexity index is 367. The first-order chi connectivity index (χ1) is 8.12. The first-order valence-electron chi connectivity index (χ1n) is 6.63. The van der Waals surface area contributed by atoms with Gasteiger partial charge in [0.2, 0.25) is 0 Å². The van der Waals surface area contributed by atoms with Gasteiger partial charge in [-0.2, -0.15) is 0 Å². The highest BCUT2D eigenvalue weighted by Gasteiger charge is 2.33. The van der Waals surface area contributed by atoms with E-state index in [2.05, 4.69) is 59.4 Å². The molecule has 1 unspecified atom stereocenters. The molecule has 1 nitrogen and oxygen atoms in total. The second-order valence-corrected chi connectivity index (χ2v) is 6.49. The second kappa shape index (κ2) is 5.53. The van der Waals surface area contributed by atoms with Gasteiger partial charge in [0.1, 0.15) is 0 Å². The number of hydrogen-bond donors (Lipinski definition) is 1. The van der Waals surface area contributed by atoms with Crippen LogP contribution in [0.4, 0.5) is 0 Å². The number of halogens is 1. The lowest BCUT2D eigenvalue weighted by molar-refractivity contribution is 0.214. The maximum atomic E-state index is 3.79. The van der Waals surface area contributed by atoms with Crippen molar-refractivity contribution in [2.75, 3.05) is 6.54 Å². The van der Waals surface area contributed by atoms with E-state index in [1.165, 1.54) is 35.7 Å². The lowest BCUT2D eigenvalue weighted by Gasteiger charge is -2.40. The van der Waals surface area contributed by atoms with Crippen LogP contribution < -0.4 is 5.32 Å². The Morgan fingerprint density at radius 3 is 2.76 bits per heavy atom. The predicted molar refractivity (Wildman–Crippen MR) is 77.1 cm³/mol. The topological polar surface area (TPSA) is 12.0 Å². The molecule has 1 aromatic rings. The molecule has 1 atom stereocenters. The van der Waals surface area contributed by atoms with Crippen LogP contribution in [0.1, 0.15) is 45.1 Å². The molecule has 2 rings (SSSR count). The third kappa shape index (κ3) is 3.11. The van der Waals surface area contributed by atoms with Crippen LogP contribution >= 0.6 is 15.9 Å². The average Bonchev–Trinajstić information content (AvgIpc) is 2.29. The van der Waals surface area contributed by atoms with Crippen LogP contribution in [0.5, 0.6) is 0 Å². The minimum atomic E-state index is 0.205. The quantitative estimate of drug-likeness (QED) is 0.868. The average molecular weight is 296 g/mol. The van der Waals surface area contributed by atoms with Crippen molar-refractivity contribution in [2.45, 2.75) is 45.1 Å². The third-order valence-corrected chi connectivity index (χ3v) is 4.12. The van der Waals surface area contributed by atoms with E-state index < -0.39 is 0 Å². The van der Waals surface area contributed by atoms with Crippen molar-refractivity contribution >= 4 is 15.9 Å². The van der Waals surface area contributed by atoms with Gasteiger partial charge in [-0.05, 0) is 49.4 Å². The van der Waals surface area contributed by atoms with Crippen LogP contribution in [0.2, 0.25) is 0 Å². The summed E-state index contributed by atoms with van der Waals surface area (Å²) in [6, 6.07) is 8.80. The van der Waals surface area contributed by atoms with Gasteiger partial charge in [0, 0.05) is 10.0 Å². The Morgan fingerprint density at radius 1 is 1.35 bits per heavy atom. The van der Waals surface area contributed by atoms with Crippen LogP contribution in [-0.2, 0) is 5.54 Å². The molecule has 0 spiro atoms. The van der Waals surface area contributed by atoms with Crippen LogP contribution in [0.25, 0.3) is 0 Å². The summed E-state index contributed by atoms with van der Waals surface area (Å²) in [5.74, 6) is 0.722. The zero-order valence-electron chi connectivity index (χ0n) is 10.8. The summed E-state index contributed by atoms with van der Waals surface area (Å²) in [6.45, 7) is 5.78. The van der Waals surface area contributed by atoms with Crippen LogP contribution in [0, 0.1) is 5.92 Å². The highest BCUT2D eigenvalue weighted by Crippen LogP contribution is 2.37. The Kier molecular flexibility index (Phi) is 4.26. The summed E-state index contributed by atoms with van der Waals surface area (Å²) in [4.78, 5) is 0. The first kappa shape index (κ1) is 13.1. The van der Waals surface area contributed by atoms with Crippen LogP contribution in [0.15, 0.2) is 28.7 Å². The van der Waals surface area contributed by atoms with Crippen molar-refractivity contribution in [3.05, 3.63) is 34.3 Å². The molecule has 2 heteroatoms. The van der Waals surface area contributed by atoms with E-state index >= 15 is 0 Å². The summed E-state index contributed by atoms with van der Waals surface area (Å²) < 4.78 is 1.19. The minimum absolute atomic E-state index is 0.205. The molecule has 0 aliphatic carbocycles. The van der Waals surface area contributed by atoms with E-state index in [1.54, 1.807) is 0 Å². The number of nitrogens with one attached hydrogen (secondary N) is 1. The molecule has 1 heterocycles. The maximum Gasteiger partial charge on any atom is 0.0437 e. The van der Waals surface area contributed by atoms with Gasteiger partial charge in [0.05, 0.1) is 0 Å². The standard InChI is InChI=1S/C15H22BrN/c1-12(2)11-15(8-3-4-9-17-15)13-6-5-7-14(16)10-13/h5-7,10,12,17H,3-4,8-9,11H2,1-2H3. The molecular formula is C15H22BrN.